The average molecular weight is 243 g/mol. The lowest BCUT2D eigenvalue weighted by atomic mass is 9.62. The minimum atomic E-state index is -0.223. The molecule has 0 aliphatic heterocycles. The topological polar surface area (TPSA) is 64.1 Å². The molecular weight excluding hydrogens is 226 g/mol. The first-order valence-electron chi connectivity index (χ1n) is 6.23. The summed E-state index contributed by atoms with van der Waals surface area (Å²) < 4.78 is 1.86. The number of benzene rings is 1. The van der Waals surface area contributed by atoms with Gasteiger partial charge in [0.1, 0.15) is 0 Å². The molecule has 1 heterocycles. The molecule has 0 saturated heterocycles. The smallest absolute Gasteiger partial charge is 0.0683 e. The van der Waals surface area contributed by atoms with Gasteiger partial charge < -0.3 is 10.8 Å². The molecule has 94 valence electrons. The van der Waals surface area contributed by atoms with E-state index < -0.39 is 0 Å². The van der Waals surface area contributed by atoms with Crippen LogP contribution in [0.25, 0.3) is 5.69 Å². The zero-order valence-electron chi connectivity index (χ0n) is 10.2. The Morgan fingerprint density at radius 1 is 1.33 bits per heavy atom. The summed E-state index contributed by atoms with van der Waals surface area (Å²) in [4.78, 5) is 0. The van der Waals surface area contributed by atoms with E-state index in [0.717, 1.165) is 18.5 Å². The molecule has 3 N–H and O–H groups in total. The van der Waals surface area contributed by atoms with Crippen LogP contribution in [0.15, 0.2) is 42.7 Å². The third kappa shape index (κ3) is 1.65. The number of aromatic nitrogens is 2. The average Bonchev–Trinajstić information content (AvgIpc) is 2.88. The molecule has 1 fully saturated rings. The molecular formula is C14H17N3O. The maximum Gasteiger partial charge on any atom is 0.0683 e. The number of hydrogen-bond donors (Lipinski definition) is 2. The predicted molar refractivity (Wildman–Crippen MR) is 69.5 cm³/mol. The van der Waals surface area contributed by atoms with Crippen molar-refractivity contribution in [2.45, 2.75) is 24.4 Å². The van der Waals surface area contributed by atoms with Crippen LogP contribution >= 0.6 is 0 Å². The second-order valence-corrected chi connectivity index (χ2v) is 5.01. The van der Waals surface area contributed by atoms with Crippen LogP contribution in [0.2, 0.25) is 0 Å². The van der Waals surface area contributed by atoms with Gasteiger partial charge in [-0.1, -0.05) is 18.2 Å². The molecule has 1 aromatic heterocycles. The minimum absolute atomic E-state index is 0.0953. The van der Waals surface area contributed by atoms with Crippen molar-refractivity contribution >= 4 is 0 Å². The molecule has 0 atom stereocenters. The molecule has 18 heavy (non-hydrogen) atoms. The molecule has 0 unspecified atom stereocenters. The van der Waals surface area contributed by atoms with E-state index in [1.807, 2.05) is 35.1 Å². The quantitative estimate of drug-likeness (QED) is 0.852. The molecule has 4 heteroatoms. The largest absolute Gasteiger partial charge is 0.393 e. The molecule has 1 aliphatic carbocycles. The second-order valence-electron chi connectivity index (χ2n) is 5.01. The lowest BCUT2D eigenvalue weighted by molar-refractivity contribution is 0.0221. The van der Waals surface area contributed by atoms with Gasteiger partial charge in [0, 0.05) is 24.4 Å². The van der Waals surface area contributed by atoms with Gasteiger partial charge in [0.05, 0.1) is 11.8 Å². The van der Waals surface area contributed by atoms with Crippen molar-refractivity contribution in [1.82, 2.24) is 9.78 Å². The fraction of sp³-hybridized carbons (Fsp3) is 0.357. The lowest BCUT2D eigenvalue weighted by Gasteiger charge is -2.46. The van der Waals surface area contributed by atoms with E-state index in [1.165, 1.54) is 5.56 Å². The zero-order valence-corrected chi connectivity index (χ0v) is 10.2. The Morgan fingerprint density at radius 2 is 2.11 bits per heavy atom. The fourth-order valence-electron chi connectivity index (χ4n) is 2.87. The van der Waals surface area contributed by atoms with Gasteiger partial charge in [-0.3, -0.25) is 0 Å². The Bertz CT molecular complexity index is 530. The van der Waals surface area contributed by atoms with Gasteiger partial charge in [-0.2, -0.15) is 5.10 Å². The second kappa shape index (κ2) is 4.23. The van der Waals surface area contributed by atoms with Crippen molar-refractivity contribution in [3.63, 3.8) is 0 Å². The first-order valence-corrected chi connectivity index (χ1v) is 6.23. The highest BCUT2D eigenvalue weighted by molar-refractivity contribution is 5.47. The summed E-state index contributed by atoms with van der Waals surface area (Å²) in [5, 5.41) is 13.9. The van der Waals surface area contributed by atoms with E-state index in [-0.39, 0.29) is 11.5 Å². The van der Waals surface area contributed by atoms with Crippen LogP contribution in [0.5, 0.6) is 0 Å². The SMILES string of the molecule is NCC1(c2ccccc2-n2cccn2)CC(O)C1. The molecule has 0 bridgehead atoms. The molecule has 2 aromatic rings. The monoisotopic (exact) mass is 243 g/mol. The van der Waals surface area contributed by atoms with Gasteiger partial charge in [-0.05, 0) is 30.5 Å². The van der Waals surface area contributed by atoms with Gasteiger partial charge in [-0.15, -0.1) is 0 Å². The van der Waals surface area contributed by atoms with Crippen molar-refractivity contribution in [3.8, 4) is 5.69 Å². The highest BCUT2D eigenvalue weighted by Gasteiger charge is 2.45. The van der Waals surface area contributed by atoms with Crippen LogP contribution < -0.4 is 5.73 Å². The van der Waals surface area contributed by atoms with E-state index in [4.69, 9.17) is 5.73 Å². The Balaban J connectivity index is 2.07. The van der Waals surface area contributed by atoms with Gasteiger partial charge in [0.2, 0.25) is 0 Å². The third-order valence-electron chi connectivity index (χ3n) is 3.87. The number of nitrogens with zero attached hydrogens (tertiary/aromatic N) is 2. The Labute approximate surface area is 106 Å². The van der Waals surface area contributed by atoms with E-state index in [0.29, 0.717) is 6.54 Å². The minimum Gasteiger partial charge on any atom is -0.393 e. The first kappa shape index (κ1) is 11.4. The van der Waals surface area contributed by atoms with Crippen LogP contribution in [0.3, 0.4) is 0 Å². The number of para-hydroxylation sites is 1. The number of aliphatic hydroxyl groups excluding tert-OH is 1. The lowest BCUT2D eigenvalue weighted by Crippen LogP contribution is -2.50. The molecule has 3 rings (SSSR count). The summed E-state index contributed by atoms with van der Waals surface area (Å²) in [6, 6.07) is 10.1. The standard InChI is InChI=1S/C14H17N3O/c15-10-14(8-11(18)9-14)12-4-1-2-5-13(12)17-7-3-6-16-17/h1-7,11,18H,8-10,15H2. The fourth-order valence-corrected chi connectivity index (χ4v) is 2.87. The van der Waals surface area contributed by atoms with E-state index in [9.17, 15) is 5.11 Å². The predicted octanol–water partition coefficient (Wildman–Crippen LogP) is 1.22. The summed E-state index contributed by atoms with van der Waals surface area (Å²) in [6.07, 6.45) is 4.95. The highest BCUT2D eigenvalue weighted by Crippen LogP contribution is 2.45. The summed E-state index contributed by atoms with van der Waals surface area (Å²) in [7, 11) is 0. The summed E-state index contributed by atoms with van der Waals surface area (Å²) in [5.74, 6) is 0. The molecule has 4 nitrogen and oxygen atoms in total. The molecule has 1 aliphatic rings. The zero-order chi connectivity index (χ0) is 12.6. The van der Waals surface area contributed by atoms with Crippen molar-refractivity contribution in [2.75, 3.05) is 6.54 Å². The third-order valence-corrected chi connectivity index (χ3v) is 3.87. The van der Waals surface area contributed by atoms with Crippen LogP contribution in [0.4, 0.5) is 0 Å². The molecule has 0 radical (unpaired) electrons. The highest BCUT2D eigenvalue weighted by atomic mass is 16.3. The van der Waals surface area contributed by atoms with E-state index >= 15 is 0 Å². The van der Waals surface area contributed by atoms with E-state index in [1.54, 1.807) is 6.20 Å². The van der Waals surface area contributed by atoms with Gasteiger partial charge in [-0.25, -0.2) is 4.68 Å². The van der Waals surface area contributed by atoms with Crippen molar-refractivity contribution < 1.29 is 5.11 Å². The Hall–Kier alpha value is -1.65. The molecule has 1 aromatic carbocycles. The molecule has 1 saturated carbocycles. The normalized spacial score (nSPS) is 26.9. The van der Waals surface area contributed by atoms with Gasteiger partial charge >= 0.3 is 0 Å². The maximum absolute atomic E-state index is 9.62. The number of aliphatic hydroxyl groups is 1. The van der Waals surface area contributed by atoms with Gasteiger partial charge in [0.25, 0.3) is 0 Å². The molecule has 0 amide bonds. The van der Waals surface area contributed by atoms with Gasteiger partial charge in [0.15, 0.2) is 0 Å². The van der Waals surface area contributed by atoms with Crippen LogP contribution in [0.1, 0.15) is 18.4 Å². The summed E-state index contributed by atoms with van der Waals surface area (Å²) in [6.45, 7) is 0.558. The Kier molecular flexibility index (Phi) is 2.69. The van der Waals surface area contributed by atoms with Crippen LogP contribution in [-0.2, 0) is 5.41 Å². The van der Waals surface area contributed by atoms with Crippen molar-refractivity contribution in [3.05, 3.63) is 48.3 Å². The van der Waals surface area contributed by atoms with Crippen LogP contribution in [0, 0.1) is 0 Å². The number of nitrogens with two attached hydrogens (primary N) is 1. The summed E-state index contributed by atoms with van der Waals surface area (Å²) >= 11 is 0. The Morgan fingerprint density at radius 3 is 2.72 bits per heavy atom. The van der Waals surface area contributed by atoms with E-state index in [2.05, 4.69) is 11.2 Å². The maximum atomic E-state index is 9.62. The molecule has 0 spiro atoms. The summed E-state index contributed by atoms with van der Waals surface area (Å²) in [5.41, 5.74) is 8.09. The number of hydrogen-bond acceptors (Lipinski definition) is 3. The number of rotatable bonds is 3. The van der Waals surface area contributed by atoms with Crippen molar-refractivity contribution in [2.24, 2.45) is 5.73 Å². The first-order chi connectivity index (χ1) is 8.75. The van der Waals surface area contributed by atoms with Crippen LogP contribution in [-0.4, -0.2) is 27.5 Å². The van der Waals surface area contributed by atoms with Crippen molar-refractivity contribution in [1.29, 1.82) is 0 Å².